The molecule has 0 aromatic carbocycles. The van der Waals surface area contributed by atoms with E-state index in [1.807, 2.05) is 0 Å². The largest absolute Gasteiger partial charge is 0.481 e. The Morgan fingerprint density at radius 1 is 1.28 bits per heavy atom. The Bertz CT molecular complexity index is 295. The number of amides is 2. The molecule has 104 valence electrons. The average Bonchev–Trinajstić information content (AvgIpc) is 2.28. The number of nitrogens with two attached hydrogens (primary N) is 1. The Balaban J connectivity index is 3.67. The fourth-order valence-electron chi connectivity index (χ4n) is 1.09. The van der Waals surface area contributed by atoms with Crippen LogP contribution in [0, 0.1) is 0 Å². The molecule has 0 saturated carbocycles. The van der Waals surface area contributed by atoms with Crippen molar-refractivity contribution in [3.8, 4) is 0 Å². The van der Waals surface area contributed by atoms with Gasteiger partial charge in [-0.25, -0.2) is 0 Å². The summed E-state index contributed by atoms with van der Waals surface area (Å²) in [6.07, 6.45) is -0.332. The Labute approximate surface area is 105 Å². The number of ether oxygens (including phenoxy) is 1. The van der Waals surface area contributed by atoms with Crippen LogP contribution in [-0.4, -0.2) is 55.7 Å². The van der Waals surface area contributed by atoms with Crippen molar-refractivity contribution in [2.45, 2.75) is 18.9 Å². The van der Waals surface area contributed by atoms with Gasteiger partial charge in [-0.15, -0.1) is 0 Å². The van der Waals surface area contributed by atoms with Crippen LogP contribution in [0.1, 0.15) is 12.8 Å². The zero-order valence-electron chi connectivity index (χ0n) is 10.3. The molecule has 1 atom stereocenters. The molecule has 0 radical (unpaired) electrons. The van der Waals surface area contributed by atoms with Gasteiger partial charge in [0, 0.05) is 26.6 Å². The second kappa shape index (κ2) is 9.37. The number of carbonyl (C=O) groups is 3. The Morgan fingerprint density at radius 3 is 2.50 bits per heavy atom. The first-order chi connectivity index (χ1) is 8.47. The van der Waals surface area contributed by atoms with Crippen LogP contribution in [0.15, 0.2) is 0 Å². The lowest BCUT2D eigenvalue weighted by Crippen LogP contribution is -2.43. The summed E-state index contributed by atoms with van der Waals surface area (Å²) in [6.45, 7) is 0.939. The molecule has 0 aliphatic heterocycles. The lowest BCUT2D eigenvalue weighted by atomic mass is 10.2. The predicted molar refractivity (Wildman–Crippen MR) is 62.7 cm³/mol. The predicted octanol–water partition coefficient (Wildman–Crippen LogP) is -1.94. The van der Waals surface area contributed by atoms with Gasteiger partial charge in [-0.05, 0) is 0 Å². The first kappa shape index (κ1) is 16.3. The molecule has 0 aliphatic carbocycles. The molecule has 1 unspecified atom stereocenters. The van der Waals surface area contributed by atoms with Crippen molar-refractivity contribution in [2.75, 3.05) is 26.8 Å². The Hall–Kier alpha value is -1.67. The minimum atomic E-state index is -1.14. The smallest absolute Gasteiger partial charge is 0.305 e. The van der Waals surface area contributed by atoms with Gasteiger partial charge < -0.3 is 26.2 Å². The van der Waals surface area contributed by atoms with Crippen LogP contribution in [0.2, 0.25) is 0 Å². The molecule has 2 amide bonds. The van der Waals surface area contributed by atoms with E-state index in [2.05, 4.69) is 10.6 Å². The van der Waals surface area contributed by atoms with Crippen LogP contribution >= 0.6 is 0 Å². The van der Waals surface area contributed by atoms with Crippen molar-refractivity contribution in [3.63, 3.8) is 0 Å². The SMILES string of the molecule is COCCNC(=O)CCNC(=O)C(N)CC(=O)O. The summed E-state index contributed by atoms with van der Waals surface area (Å²) in [5.74, 6) is -1.95. The number of rotatable bonds is 9. The first-order valence-electron chi connectivity index (χ1n) is 5.48. The van der Waals surface area contributed by atoms with E-state index < -0.39 is 24.3 Å². The van der Waals surface area contributed by atoms with Crippen molar-refractivity contribution < 1.29 is 24.2 Å². The van der Waals surface area contributed by atoms with Crippen LogP contribution < -0.4 is 16.4 Å². The fraction of sp³-hybridized carbons (Fsp3) is 0.700. The maximum Gasteiger partial charge on any atom is 0.305 e. The fourth-order valence-corrected chi connectivity index (χ4v) is 1.09. The topological polar surface area (TPSA) is 131 Å². The monoisotopic (exact) mass is 261 g/mol. The summed E-state index contributed by atoms with van der Waals surface area (Å²) < 4.78 is 4.75. The van der Waals surface area contributed by atoms with E-state index in [1.54, 1.807) is 0 Å². The zero-order valence-corrected chi connectivity index (χ0v) is 10.3. The molecule has 0 saturated heterocycles. The maximum absolute atomic E-state index is 11.3. The molecule has 8 heteroatoms. The van der Waals surface area contributed by atoms with Crippen molar-refractivity contribution in [1.82, 2.24) is 10.6 Å². The Kier molecular flexibility index (Phi) is 8.50. The third-order valence-corrected chi connectivity index (χ3v) is 2.01. The first-order valence-corrected chi connectivity index (χ1v) is 5.48. The zero-order chi connectivity index (χ0) is 14.0. The molecule has 0 spiro atoms. The average molecular weight is 261 g/mol. The van der Waals surface area contributed by atoms with Crippen LogP contribution in [-0.2, 0) is 19.1 Å². The minimum Gasteiger partial charge on any atom is -0.481 e. The molecule has 0 aliphatic rings. The molecule has 8 nitrogen and oxygen atoms in total. The number of hydrogen-bond donors (Lipinski definition) is 4. The number of methoxy groups -OCH3 is 1. The number of nitrogens with one attached hydrogen (secondary N) is 2. The number of hydrogen-bond acceptors (Lipinski definition) is 5. The molecule has 0 heterocycles. The third-order valence-electron chi connectivity index (χ3n) is 2.01. The highest BCUT2D eigenvalue weighted by molar-refractivity contribution is 5.86. The number of carboxylic acid groups (broad SMARTS) is 1. The Morgan fingerprint density at radius 2 is 1.94 bits per heavy atom. The highest BCUT2D eigenvalue weighted by Gasteiger charge is 2.16. The van der Waals surface area contributed by atoms with Gasteiger partial charge in [0.25, 0.3) is 0 Å². The van der Waals surface area contributed by atoms with Crippen LogP contribution in [0.5, 0.6) is 0 Å². The molecule has 0 aromatic rings. The van der Waals surface area contributed by atoms with Gasteiger partial charge in [0.1, 0.15) is 0 Å². The molecular weight excluding hydrogens is 242 g/mol. The van der Waals surface area contributed by atoms with E-state index in [0.717, 1.165) is 0 Å². The van der Waals surface area contributed by atoms with E-state index in [1.165, 1.54) is 7.11 Å². The van der Waals surface area contributed by atoms with Crippen LogP contribution in [0.4, 0.5) is 0 Å². The highest BCUT2D eigenvalue weighted by atomic mass is 16.5. The van der Waals surface area contributed by atoms with Gasteiger partial charge >= 0.3 is 5.97 Å². The highest BCUT2D eigenvalue weighted by Crippen LogP contribution is 1.88. The summed E-state index contributed by atoms with van der Waals surface area (Å²) in [4.78, 5) is 32.8. The summed E-state index contributed by atoms with van der Waals surface area (Å²) >= 11 is 0. The van der Waals surface area contributed by atoms with E-state index >= 15 is 0 Å². The van der Waals surface area contributed by atoms with Gasteiger partial charge in [-0.3, -0.25) is 14.4 Å². The molecule has 0 rings (SSSR count). The lowest BCUT2D eigenvalue weighted by Gasteiger charge is -2.10. The summed E-state index contributed by atoms with van der Waals surface area (Å²) in [5.41, 5.74) is 5.32. The van der Waals surface area contributed by atoms with Gasteiger partial charge in [-0.2, -0.15) is 0 Å². The van der Waals surface area contributed by atoms with Crippen LogP contribution in [0.3, 0.4) is 0 Å². The summed E-state index contributed by atoms with van der Waals surface area (Å²) in [5, 5.41) is 13.4. The molecule has 0 bridgehead atoms. The van der Waals surface area contributed by atoms with Crippen molar-refractivity contribution in [3.05, 3.63) is 0 Å². The maximum atomic E-state index is 11.3. The van der Waals surface area contributed by atoms with E-state index in [4.69, 9.17) is 15.6 Å². The van der Waals surface area contributed by atoms with Gasteiger partial charge in [0.15, 0.2) is 0 Å². The number of aliphatic carboxylic acids is 1. The second-order valence-electron chi connectivity index (χ2n) is 3.59. The summed E-state index contributed by atoms with van der Waals surface area (Å²) in [6, 6.07) is -1.10. The quantitative estimate of drug-likeness (QED) is 0.357. The van der Waals surface area contributed by atoms with Crippen LogP contribution in [0.25, 0.3) is 0 Å². The van der Waals surface area contributed by atoms with E-state index in [9.17, 15) is 14.4 Å². The molecular formula is C10H19N3O5. The van der Waals surface area contributed by atoms with Gasteiger partial charge in [0.05, 0.1) is 19.1 Å². The van der Waals surface area contributed by atoms with Crippen molar-refractivity contribution >= 4 is 17.8 Å². The third kappa shape index (κ3) is 8.48. The number of carbonyl (C=O) groups excluding carboxylic acids is 2. The molecule has 0 aromatic heterocycles. The van der Waals surface area contributed by atoms with E-state index in [0.29, 0.717) is 13.2 Å². The van der Waals surface area contributed by atoms with E-state index in [-0.39, 0.29) is 18.9 Å². The standard InChI is InChI=1S/C10H19N3O5/c1-18-5-4-12-8(14)2-3-13-10(17)7(11)6-9(15)16/h7H,2-6,11H2,1H3,(H,12,14)(H,13,17)(H,15,16). The summed E-state index contributed by atoms with van der Waals surface area (Å²) in [7, 11) is 1.52. The lowest BCUT2D eigenvalue weighted by molar-refractivity contribution is -0.139. The van der Waals surface area contributed by atoms with Gasteiger partial charge in [-0.1, -0.05) is 0 Å². The normalized spacial score (nSPS) is 11.7. The molecule has 0 fully saturated rings. The number of carboxylic acids is 1. The van der Waals surface area contributed by atoms with Gasteiger partial charge in [0.2, 0.25) is 11.8 Å². The minimum absolute atomic E-state index is 0.106. The van der Waals surface area contributed by atoms with Crippen molar-refractivity contribution in [2.24, 2.45) is 5.73 Å². The molecule has 18 heavy (non-hydrogen) atoms. The second-order valence-corrected chi connectivity index (χ2v) is 3.59. The molecule has 5 N–H and O–H groups in total. The van der Waals surface area contributed by atoms with Crippen molar-refractivity contribution in [1.29, 1.82) is 0 Å².